The van der Waals surface area contributed by atoms with Crippen molar-refractivity contribution in [2.75, 3.05) is 12.8 Å². The molecule has 0 heterocycles. The van der Waals surface area contributed by atoms with Crippen LogP contribution in [0.1, 0.15) is 39.5 Å². The maximum absolute atomic E-state index is 11.8. The molecule has 0 aromatic heterocycles. The Bertz CT molecular complexity index is 364. The third-order valence-corrected chi connectivity index (χ3v) is 5.16. The second-order valence-electron chi connectivity index (χ2n) is 4.82. The van der Waals surface area contributed by atoms with Crippen LogP contribution in [0.4, 0.5) is 4.79 Å². The van der Waals surface area contributed by atoms with Gasteiger partial charge in [-0.05, 0) is 25.5 Å². The quantitative estimate of drug-likeness (QED) is 0.477. The van der Waals surface area contributed by atoms with E-state index in [4.69, 9.17) is 10.8 Å². The van der Waals surface area contributed by atoms with Crippen LogP contribution in [0.25, 0.3) is 0 Å². The molecule has 8 heteroatoms. The van der Waals surface area contributed by atoms with Crippen molar-refractivity contribution in [3.8, 4) is 0 Å². The van der Waals surface area contributed by atoms with E-state index in [9.17, 15) is 14.4 Å². The molecule has 0 radical (unpaired) electrons. The van der Waals surface area contributed by atoms with Gasteiger partial charge < -0.3 is 21.5 Å². The average Bonchev–Trinajstić information content (AvgIpc) is 2.45. The van der Waals surface area contributed by atoms with E-state index in [0.717, 1.165) is 12.8 Å². The number of carbonyl (C=O) groups excluding carboxylic acids is 2. The largest absolute Gasteiger partial charge is 0.480 e. The molecule has 0 aliphatic carbocycles. The van der Waals surface area contributed by atoms with Crippen LogP contribution in [0.2, 0.25) is 0 Å². The minimum absolute atomic E-state index is 0.0205. The molecule has 0 rings (SSSR count). The van der Waals surface area contributed by atoms with Crippen molar-refractivity contribution in [3.63, 3.8) is 0 Å². The van der Waals surface area contributed by atoms with Crippen molar-refractivity contribution in [2.24, 2.45) is 5.73 Å². The summed E-state index contributed by atoms with van der Waals surface area (Å²) in [6.45, 7) is 4.55. The van der Waals surface area contributed by atoms with Crippen LogP contribution in [-0.2, 0) is 9.59 Å². The molecule has 3 amide bonds. The lowest BCUT2D eigenvalue weighted by Crippen LogP contribution is -2.49. The lowest BCUT2D eigenvalue weighted by atomic mass is 10.0. The van der Waals surface area contributed by atoms with Gasteiger partial charge in [-0.3, -0.25) is 4.79 Å². The average molecular weight is 319 g/mol. The molecule has 0 spiro atoms. The molecule has 0 unspecified atom stereocenters. The Morgan fingerprint density at radius 1 is 1.29 bits per heavy atom. The summed E-state index contributed by atoms with van der Waals surface area (Å²) in [6, 6.07) is -1.67. The predicted octanol–water partition coefficient (Wildman–Crippen LogP) is 0.926. The maximum Gasteiger partial charge on any atom is 0.326 e. The van der Waals surface area contributed by atoms with Gasteiger partial charge in [0, 0.05) is 17.7 Å². The zero-order valence-corrected chi connectivity index (χ0v) is 13.6. The summed E-state index contributed by atoms with van der Waals surface area (Å²) >= 11 is 1.68. The number of aliphatic carboxylic acids is 1. The van der Waals surface area contributed by atoms with E-state index < -0.39 is 23.9 Å². The van der Waals surface area contributed by atoms with Crippen molar-refractivity contribution < 1.29 is 19.5 Å². The number of hydrogen-bond acceptors (Lipinski definition) is 4. The van der Waals surface area contributed by atoms with Crippen LogP contribution in [0, 0.1) is 0 Å². The van der Waals surface area contributed by atoms with Crippen LogP contribution in [0.15, 0.2) is 0 Å². The van der Waals surface area contributed by atoms with Crippen LogP contribution in [-0.4, -0.2) is 46.6 Å². The van der Waals surface area contributed by atoms with E-state index in [-0.39, 0.29) is 17.6 Å². The Morgan fingerprint density at radius 3 is 2.24 bits per heavy atom. The van der Waals surface area contributed by atoms with Crippen molar-refractivity contribution >= 4 is 29.7 Å². The molecule has 0 saturated heterocycles. The number of nitrogens with two attached hydrogens (primary N) is 1. The summed E-state index contributed by atoms with van der Waals surface area (Å²) in [5.74, 6) is -1.78. The highest BCUT2D eigenvalue weighted by Gasteiger charge is 2.26. The standard InChI is InChI=1S/C13H25N3O4S/c1-4-13(5-2,21-3)8-15-12(20)16-9(11(18)19)6-7-10(14)17/h9H,4-8H2,1-3H3,(H2,14,17)(H,18,19)(H2,15,16,20)/t9-/m0/s1. The summed E-state index contributed by atoms with van der Waals surface area (Å²) in [5, 5.41) is 14.1. The second-order valence-corrected chi connectivity index (χ2v) is 6.09. The molecule has 21 heavy (non-hydrogen) atoms. The molecule has 0 aromatic carbocycles. The first-order valence-electron chi connectivity index (χ1n) is 6.90. The van der Waals surface area contributed by atoms with Gasteiger partial charge in [0.1, 0.15) is 6.04 Å². The third kappa shape index (κ3) is 7.22. The second kappa shape index (κ2) is 9.49. The Balaban J connectivity index is 4.44. The molecule has 0 aromatic rings. The van der Waals surface area contributed by atoms with E-state index in [1.54, 1.807) is 11.8 Å². The van der Waals surface area contributed by atoms with Gasteiger partial charge in [-0.25, -0.2) is 9.59 Å². The summed E-state index contributed by atoms with van der Waals surface area (Å²) in [4.78, 5) is 33.5. The van der Waals surface area contributed by atoms with Gasteiger partial charge in [-0.2, -0.15) is 11.8 Å². The first kappa shape index (κ1) is 19.6. The lowest BCUT2D eigenvalue weighted by Gasteiger charge is -2.30. The van der Waals surface area contributed by atoms with Gasteiger partial charge in [-0.15, -0.1) is 0 Å². The van der Waals surface area contributed by atoms with E-state index in [2.05, 4.69) is 10.6 Å². The maximum atomic E-state index is 11.8. The number of primary amides is 1. The van der Waals surface area contributed by atoms with Crippen LogP contribution in [0.5, 0.6) is 0 Å². The van der Waals surface area contributed by atoms with Gasteiger partial charge in [0.15, 0.2) is 0 Å². The predicted molar refractivity (Wildman–Crippen MR) is 83.2 cm³/mol. The smallest absolute Gasteiger partial charge is 0.326 e. The number of thioether (sulfide) groups is 1. The third-order valence-electron chi connectivity index (χ3n) is 3.58. The first-order chi connectivity index (χ1) is 9.80. The highest BCUT2D eigenvalue weighted by Crippen LogP contribution is 2.29. The molecule has 5 N–H and O–H groups in total. The van der Waals surface area contributed by atoms with Gasteiger partial charge in [0.25, 0.3) is 0 Å². The fourth-order valence-corrected chi connectivity index (χ4v) is 2.65. The molecule has 0 fully saturated rings. The topological polar surface area (TPSA) is 122 Å². The Kier molecular flexibility index (Phi) is 8.84. The first-order valence-corrected chi connectivity index (χ1v) is 8.13. The zero-order valence-electron chi connectivity index (χ0n) is 12.8. The van der Waals surface area contributed by atoms with Gasteiger partial charge in [0.2, 0.25) is 5.91 Å². The molecule has 0 bridgehead atoms. The lowest BCUT2D eigenvalue weighted by molar-refractivity contribution is -0.139. The summed E-state index contributed by atoms with van der Waals surface area (Å²) in [7, 11) is 0. The molecule has 1 atom stereocenters. The Hall–Kier alpha value is -1.44. The number of rotatable bonds is 10. The van der Waals surface area contributed by atoms with Gasteiger partial charge >= 0.3 is 12.0 Å². The minimum atomic E-state index is -1.19. The number of carbonyl (C=O) groups is 3. The number of hydrogen-bond donors (Lipinski definition) is 4. The number of carboxylic acids is 1. The van der Waals surface area contributed by atoms with Crippen molar-refractivity contribution in [2.45, 2.75) is 50.3 Å². The fraction of sp³-hybridized carbons (Fsp3) is 0.769. The molecule has 7 nitrogen and oxygen atoms in total. The Morgan fingerprint density at radius 2 is 1.86 bits per heavy atom. The summed E-state index contributed by atoms with van der Waals surface area (Å²) in [5.41, 5.74) is 4.98. The molecular formula is C13H25N3O4S. The molecule has 122 valence electrons. The van der Waals surface area contributed by atoms with Crippen molar-refractivity contribution in [1.82, 2.24) is 10.6 Å². The number of nitrogens with one attached hydrogen (secondary N) is 2. The summed E-state index contributed by atoms with van der Waals surface area (Å²) < 4.78 is -0.0523. The SMILES string of the molecule is CCC(CC)(CNC(=O)N[C@@H](CCC(N)=O)C(=O)O)SC. The van der Waals surface area contributed by atoms with E-state index >= 15 is 0 Å². The molecule has 0 saturated carbocycles. The molecule has 0 aliphatic rings. The minimum Gasteiger partial charge on any atom is -0.480 e. The van der Waals surface area contributed by atoms with Crippen molar-refractivity contribution in [1.29, 1.82) is 0 Å². The highest BCUT2D eigenvalue weighted by molar-refractivity contribution is 8.00. The van der Waals surface area contributed by atoms with E-state index in [1.165, 1.54) is 0 Å². The van der Waals surface area contributed by atoms with Crippen molar-refractivity contribution in [3.05, 3.63) is 0 Å². The summed E-state index contributed by atoms with van der Waals surface area (Å²) in [6.07, 6.45) is 3.67. The van der Waals surface area contributed by atoms with Crippen LogP contribution in [0.3, 0.4) is 0 Å². The number of carboxylic acid groups (broad SMARTS) is 1. The van der Waals surface area contributed by atoms with Crippen LogP contribution < -0.4 is 16.4 Å². The normalized spacial score (nSPS) is 12.5. The monoisotopic (exact) mass is 319 g/mol. The van der Waals surface area contributed by atoms with Gasteiger partial charge in [0.05, 0.1) is 0 Å². The molecular weight excluding hydrogens is 294 g/mol. The van der Waals surface area contributed by atoms with Gasteiger partial charge in [-0.1, -0.05) is 13.8 Å². The zero-order chi connectivity index (χ0) is 16.5. The van der Waals surface area contributed by atoms with Crippen LogP contribution >= 0.6 is 11.8 Å². The van der Waals surface area contributed by atoms with E-state index in [1.807, 2.05) is 20.1 Å². The number of urea groups is 1. The highest BCUT2D eigenvalue weighted by atomic mass is 32.2. The Labute approximate surface area is 129 Å². The fourth-order valence-electron chi connectivity index (χ4n) is 1.86. The number of amides is 3. The molecule has 0 aliphatic heterocycles. The van der Waals surface area contributed by atoms with E-state index in [0.29, 0.717) is 6.54 Å².